The summed E-state index contributed by atoms with van der Waals surface area (Å²) in [5.41, 5.74) is 5.02. The first-order valence-corrected chi connectivity index (χ1v) is 17.5. The number of hydrogen-bond acceptors (Lipinski definition) is 4. The van der Waals surface area contributed by atoms with Crippen molar-refractivity contribution in [3.63, 3.8) is 0 Å². The smallest absolute Gasteiger partial charge is 0.0994 e. The number of hydrogen-bond donors (Lipinski definition) is 0. The fourth-order valence-electron chi connectivity index (χ4n) is 5.56. The molecule has 0 aliphatic rings. The van der Waals surface area contributed by atoms with Gasteiger partial charge in [-0.3, -0.25) is 9.80 Å². The van der Waals surface area contributed by atoms with Gasteiger partial charge in [-0.2, -0.15) is 0 Å². The Balaban J connectivity index is 1.99. The van der Waals surface area contributed by atoms with Crippen molar-refractivity contribution in [2.45, 2.75) is 131 Å². The molecular weight excluding hydrogens is 516 g/mol. The molecule has 2 rings (SSSR count). The standard InChI is InChI=1S/C38H64N2O2/c1-5-9-13-21-29-39(27-19-11-7-3)33-41-31-35-23-15-17-25-37(35)38-26-18-16-24-36(38)32-42-34-40(28-20-12-8-4)30-22-14-10-6-2/h15-18,23-26H,5-14,19-22,27-34H2,1-4H3. The Labute approximate surface area is 260 Å². The Hall–Kier alpha value is -1.72. The van der Waals surface area contributed by atoms with Crippen LogP contribution in [0.1, 0.15) is 129 Å². The molecule has 0 saturated heterocycles. The molecule has 0 N–H and O–H groups in total. The van der Waals surface area contributed by atoms with Gasteiger partial charge in [-0.25, -0.2) is 0 Å². The fraction of sp³-hybridized carbons (Fsp3) is 0.684. The van der Waals surface area contributed by atoms with Gasteiger partial charge in [0.25, 0.3) is 0 Å². The second-order valence-corrected chi connectivity index (χ2v) is 12.0. The molecular formula is C38H64N2O2. The van der Waals surface area contributed by atoms with E-state index < -0.39 is 0 Å². The quantitative estimate of drug-likeness (QED) is 0.0775. The third-order valence-electron chi connectivity index (χ3n) is 8.20. The summed E-state index contributed by atoms with van der Waals surface area (Å²) in [6.07, 6.45) is 18.0. The van der Waals surface area contributed by atoms with Gasteiger partial charge in [-0.05, 0) is 47.9 Å². The molecule has 0 fully saturated rings. The van der Waals surface area contributed by atoms with E-state index in [4.69, 9.17) is 9.47 Å². The van der Waals surface area contributed by atoms with Crippen molar-refractivity contribution in [3.8, 4) is 11.1 Å². The van der Waals surface area contributed by atoms with Crippen LogP contribution in [0.15, 0.2) is 48.5 Å². The summed E-state index contributed by atoms with van der Waals surface area (Å²) < 4.78 is 12.7. The van der Waals surface area contributed by atoms with Gasteiger partial charge in [0.2, 0.25) is 0 Å². The zero-order valence-corrected chi connectivity index (χ0v) is 27.9. The summed E-state index contributed by atoms with van der Waals surface area (Å²) in [4.78, 5) is 5.04. The highest BCUT2D eigenvalue weighted by atomic mass is 16.5. The van der Waals surface area contributed by atoms with E-state index in [1.165, 1.54) is 112 Å². The molecule has 4 heteroatoms. The number of benzene rings is 2. The van der Waals surface area contributed by atoms with E-state index in [1.807, 2.05) is 0 Å². The molecule has 0 bridgehead atoms. The molecule has 0 aliphatic heterocycles. The highest BCUT2D eigenvalue weighted by Gasteiger charge is 2.12. The summed E-state index contributed by atoms with van der Waals surface area (Å²) in [5.74, 6) is 0. The average Bonchev–Trinajstić information content (AvgIpc) is 3.01. The molecule has 0 amide bonds. The van der Waals surface area contributed by atoms with Gasteiger partial charge in [0.15, 0.2) is 0 Å². The lowest BCUT2D eigenvalue weighted by Gasteiger charge is -2.23. The highest BCUT2D eigenvalue weighted by Crippen LogP contribution is 2.28. The molecule has 0 unspecified atom stereocenters. The number of rotatable bonds is 27. The average molecular weight is 581 g/mol. The topological polar surface area (TPSA) is 24.9 Å². The monoisotopic (exact) mass is 580 g/mol. The molecule has 0 aromatic heterocycles. The Morgan fingerprint density at radius 3 is 1.14 bits per heavy atom. The molecule has 4 nitrogen and oxygen atoms in total. The molecule has 0 spiro atoms. The van der Waals surface area contributed by atoms with E-state index >= 15 is 0 Å². The van der Waals surface area contributed by atoms with Crippen molar-refractivity contribution in [2.75, 3.05) is 39.6 Å². The zero-order valence-electron chi connectivity index (χ0n) is 27.9. The maximum absolute atomic E-state index is 6.37. The van der Waals surface area contributed by atoms with E-state index in [2.05, 4.69) is 86.0 Å². The summed E-state index contributed by atoms with van der Waals surface area (Å²) in [5, 5.41) is 0. The number of nitrogens with zero attached hydrogens (tertiary/aromatic N) is 2. The summed E-state index contributed by atoms with van der Waals surface area (Å²) in [6, 6.07) is 17.5. The van der Waals surface area contributed by atoms with Crippen molar-refractivity contribution in [2.24, 2.45) is 0 Å². The van der Waals surface area contributed by atoms with Crippen LogP contribution in [0.2, 0.25) is 0 Å². The maximum atomic E-state index is 6.37. The lowest BCUT2D eigenvalue weighted by molar-refractivity contribution is 0.0165. The number of ether oxygens (including phenoxy) is 2. The molecule has 0 saturated carbocycles. The van der Waals surface area contributed by atoms with Crippen LogP contribution in [0, 0.1) is 0 Å². The summed E-state index contributed by atoms with van der Waals surface area (Å²) in [6.45, 7) is 16.3. The van der Waals surface area contributed by atoms with Gasteiger partial charge < -0.3 is 9.47 Å². The van der Waals surface area contributed by atoms with Crippen LogP contribution in [0.5, 0.6) is 0 Å². The van der Waals surface area contributed by atoms with Gasteiger partial charge in [-0.15, -0.1) is 0 Å². The Kier molecular flexibility index (Phi) is 21.4. The molecule has 0 heterocycles. The second-order valence-electron chi connectivity index (χ2n) is 12.0. The van der Waals surface area contributed by atoms with Crippen molar-refractivity contribution < 1.29 is 9.47 Å². The lowest BCUT2D eigenvalue weighted by Crippen LogP contribution is -2.29. The van der Waals surface area contributed by atoms with Crippen molar-refractivity contribution >= 4 is 0 Å². The molecule has 2 aromatic rings. The van der Waals surface area contributed by atoms with Crippen LogP contribution in [-0.4, -0.2) is 49.4 Å². The summed E-state index contributed by atoms with van der Waals surface area (Å²) >= 11 is 0. The molecule has 2 aromatic carbocycles. The fourth-order valence-corrected chi connectivity index (χ4v) is 5.56. The Morgan fingerprint density at radius 2 is 0.762 bits per heavy atom. The predicted molar refractivity (Wildman–Crippen MR) is 182 cm³/mol. The number of unbranched alkanes of at least 4 members (excludes halogenated alkanes) is 10. The van der Waals surface area contributed by atoms with Crippen molar-refractivity contribution in [1.29, 1.82) is 0 Å². The van der Waals surface area contributed by atoms with Crippen LogP contribution >= 0.6 is 0 Å². The van der Waals surface area contributed by atoms with Crippen LogP contribution in [0.25, 0.3) is 11.1 Å². The molecule has 42 heavy (non-hydrogen) atoms. The van der Waals surface area contributed by atoms with E-state index in [9.17, 15) is 0 Å². The van der Waals surface area contributed by atoms with Gasteiger partial charge in [0.1, 0.15) is 0 Å². The van der Waals surface area contributed by atoms with Gasteiger partial charge in [-0.1, -0.05) is 140 Å². The third-order valence-corrected chi connectivity index (χ3v) is 8.20. The predicted octanol–water partition coefficient (Wildman–Crippen LogP) is 10.4. The van der Waals surface area contributed by atoms with Crippen molar-refractivity contribution in [3.05, 3.63) is 59.7 Å². The SMILES string of the molecule is CCCCCCN(CCCCC)COCc1ccccc1-c1ccccc1COCN(CCCCC)CCCCCC. The minimum atomic E-state index is 0.633. The lowest BCUT2D eigenvalue weighted by atomic mass is 9.96. The Bertz CT molecular complexity index is 829. The van der Waals surface area contributed by atoms with Crippen LogP contribution < -0.4 is 0 Å². The molecule has 0 radical (unpaired) electrons. The minimum absolute atomic E-state index is 0.633. The van der Waals surface area contributed by atoms with Crippen molar-refractivity contribution in [1.82, 2.24) is 9.80 Å². The summed E-state index contributed by atoms with van der Waals surface area (Å²) in [7, 11) is 0. The second kappa shape index (κ2) is 24.7. The van der Waals surface area contributed by atoms with E-state index in [0.29, 0.717) is 26.7 Å². The normalized spacial score (nSPS) is 11.7. The largest absolute Gasteiger partial charge is 0.361 e. The minimum Gasteiger partial charge on any atom is -0.361 e. The van der Waals surface area contributed by atoms with Gasteiger partial charge in [0, 0.05) is 26.2 Å². The molecule has 0 atom stereocenters. The third kappa shape index (κ3) is 15.7. The van der Waals surface area contributed by atoms with Gasteiger partial charge >= 0.3 is 0 Å². The first-order chi connectivity index (χ1) is 20.7. The van der Waals surface area contributed by atoms with Gasteiger partial charge in [0.05, 0.1) is 26.7 Å². The molecule has 0 aliphatic carbocycles. The zero-order chi connectivity index (χ0) is 30.1. The van der Waals surface area contributed by atoms with Crippen LogP contribution in [-0.2, 0) is 22.7 Å². The van der Waals surface area contributed by atoms with E-state index in [-0.39, 0.29) is 0 Å². The maximum Gasteiger partial charge on any atom is 0.0994 e. The first kappa shape index (κ1) is 36.5. The highest BCUT2D eigenvalue weighted by molar-refractivity contribution is 5.70. The first-order valence-electron chi connectivity index (χ1n) is 17.5. The molecule has 238 valence electrons. The Morgan fingerprint density at radius 1 is 0.429 bits per heavy atom. The van der Waals surface area contributed by atoms with E-state index in [1.54, 1.807) is 0 Å². The van der Waals surface area contributed by atoms with Crippen LogP contribution in [0.4, 0.5) is 0 Å². The van der Waals surface area contributed by atoms with Crippen LogP contribution in [0.3, 0.4) is 0 Å². The van der Waals surface area contributed by atoms with E-state index in [0.717, 1.165) is 26.2 Å².